The molecule has 0 bridgehead atoms. The maximum Gasteiger partial charge on any atom is 0.251 e. The van der Waals surface area contributed by atoms with Crippen LogP contribution in [0, 0.1) is 5.92 Å². The summed E-state index contributed by atoms with van der Waals surface area (Å²) in [5.41, 5.74) is 8.93. The standard InChI is InChI=1S/C16H24N2O/c1-11(2)16(3,10-17)18-15(19)14-8-7-12-5-4-6-13(12)9-14/h7-9,11H,4-6,10,17H2,1-3H3,(H,18,19). The number of carbonyl (C=O) groups excluding carboxylic acids is 1. The molecule has 2 rings (SSSR count). The van der Waals surface area contributed by atoms with E-state index in [4.69, 9.17) is 5.73 Å². The topological polar surface area (TPSA) is 55.1 Å². The zero-order chi connectivity index (χ0) is 14.0. The summed E-state index contributed by atoms with van der Waals surface area (Å²) < 4.78 is 0. The normalized spacial score (nSPS) is 17.1. The first kappa shape index (κ1) is 14.1. The molecular formula is C16H24N2O. The minimum absolute atomic E-state index is 0.0173. The van der Waals surface area contributed by atoms with Crippen LogP contribution in [0.4, 0.5) is 0 Å². The van der Waals surface area contributed by atoms with Crippen LogP contribution in [0.3, 0.4) is 0 Å². The number of hydrogen-bond acceptors (Lipinski definition) is 2. The van der Waals surface area contributed by atoms with Crippen molar-refractivity contribution >= 4 is 5.91 Å². The molecule has 104 valence electrons. The average Bonchev–Trinajstić information content (AvgIpc) is 2.85. The second-order valence-electron chi connectivity index (χ2n) is 6.07. The molecule has 0 saturated heterocycles. The Balaban J connectivity index is 2.16. The van der Waals surface area contributed by atoms with E-state index in [0.29, 0.717) is 12.5 Å². The lowest BCUT2D eigenvalue weighted by Crippen LogP contribution is -2.55. The molecule has 0 saturated carbocycles. The smallest absolute Gasteiger partial charge is 0.251 e. The summed E-state index contributed by atoms with van der Waals surface area (Å²) in [5.74, 6) is 0.284. The van der Waals surface area contributed by atoms with Crippen LogP contribution in [0.15, 0.2) is 18.2 Å². The Hall–Kier alpha value is -1.35. The predicted octanol–water partition coefficient (Wildman–Crippen LogP) is 2.28. The fraction of sp³-hybridized carbons (Fsp3) is 0.562. The second kappa shape index (κ2) is 5.33. The maximum absolute atomic E-state index is 12.4. The van der Waals surface area contributed by atoms with Gasteiger partial charge in [-0.1, -0.05) is 19.9 Å². The molecule has 1 aliphatic rings. The number of carbonyl (C=O) groups is 1. The Bertz CT molecular complexity index is 482. The van der Waals surface area contributed by atoms with Gasteiger partial charge in [-0.2, -0.15) is 0 Å². The van der Waals surface area contributed by atoms with E-state index in [0.717, 1.165) is 18.4 Å². The molecule has 0 fully saturated rings. The van der Waals surface area contributed by atoms with Crippen molar-refractivity contribution in [3.05, 3.63) is 34.9 Å². The van der Waals surface area contributed by atoms with E-state index in [1.54, 1.807) is 0 Å². The highest BCUT2D eigenvalue weighted by Gasteiger charge is 2.29. The molecule has 1 aromatic carbocycles. The Morgan fingerprint density at radius 1 is 1.37 bits per heavy atom. The molecule has 1 amide bonds. The first-order chi connectivity index (χ1) is 8.96. The van der Waals surface area contributed by atoms with Gasteiger partial charge in [0, 0.05) is 12.1 Å². The van der Waals surface area contributed by atoms with Crippen molar-refractivity contribution < 1.29 is 4.79 Å². The predicted molar refractivity (Wildman–Crippen MR) is 78.2 cm³/mol. The van der Waals surface area contributed by atoms with Crippen LogP contribution in [0.5, 0.6) is 0 Å². The molecule has 0 aromatic heterocycles. The highest BCUT2D eigenvalue weighted by molar-refractivity contribution is 5.95. The van der Waals surface area contributed by atoms with Gasteiger partial charge in [0.05, 0.1) is 5.54 Å². The van der Waals surface area contributed by atoms with E-state index in [1.807, 2.05) is 19.1 Å². The largest absolute Gasteiger partial charge is 0.345 e. The quantitative estimate of drug-likeness (QED) is 0.872. The van der Waals surface area contributed by atoms with E-state index in [1.165, 1.54) is 17.5 Å². The molecule has 3 N–H and O–H groups in total. The molecule has 1 unspecified atom stereocenters. The van der Waals surface area contributed by atoms with Gasteiger partial charge in [0.25, 0.3) is 5.91 Å². The molecule has 3 heteroatoms. The Morgan fingerprint density at radius 2 is 2.05 bits per heavy atom. The van der Waals surface area contributed by atoms with Crippen molar-refractivity contribution in [3.8, 4) is 0 Å². The fourth-order valence-corrected chi connectivity index (χ4v) is 2.48. The summed E-state index contributed by atoms with van der Waals surface area (Å²) in [5, 5.41) is 3.09. The van der Waals surface area contributed by atoms with Crippen molar-refractivity contribution in [2.45, 2.75) is 45.6 Å². The van der Waals surface area contributed by atoms with Gasteiger partial charge >= 0.3 is 0 Å². The van der Waals surface area contributed by atoms with Gasteiger partial charge in [-0.3, -0.25) is 4.79 Å². The van der Waals surface area contributed by atoms with Gasteiger partial charge in [0.2, 0.25) is 0 Å². The number of amides is 1. The first-order valence-electron chi connectivity index (χ1n) is 7.10. The number of nitrogens with one attached hydrogen (secondary N) is 1. The van der Waals surface area contributed by atoms with Crippen molar-refractivity contribution in [2.24, 2.45) is 11.7 Å². The molecule has 3 nitrogen and oxygen atoms in total. The zero-order valence-corrected chi connectivity index (χ0v) is 12.1. The summed E-state index contributed by atoms with van der Waals surface area (Å²) in [6, 6.07) is 6.05. The molecule has 19 heavy (non-hydrogen) atoms. The number of benzene rings is 1. The molecule has 0 heterocycles. The molecular weight excluding hydrogens is 236 g/mol. The SMILES string of the molecule is CC(C)C(C)(CN)NC(=O)c1ccc2c(c1)CCC2. The van der Waals surface area contributed by atoms with E-state index in [-0.39, 0.29) is 11.4 Å². The van der Waals surface area contributed by atoms with Crippen LogP contribution in [0.2, 0.25) is 0 Å². The zero-order valence-electron chi connectivity index (χ0n) is 12.1. The lowest BCUT2D eigenvalue weighted by atomic mass is 9.88. The third-order valence-corrected chi connectivity index (χ3v) is 4.46. The third-order valence-electron chi connectivity index (χ3n) is 4.46. The van der Waals surface area contributed by atoms with Gasteiger partial charge in [0.15, 0.2) is 0 Å². The van der Waals surface area contributed by atoms with Gasteiger partial charge in [-0.15, -0.1) is 0 Å². The summed E-state index contributed by atoms with van der Waals surface area (Å²) >= 11 is 0. The molecule has 0 aliphatic heterocycles. The fourth-order valence-electron chi connectivity index (χ4n) is 2.48. The lowest BCUT2D eigenvalue weighted by Gasteiger charge is -2.33. The molecule has 0 radical (unpaired) electrons. The van der Waals surface area contributed by atoms with Gasteiger partial charge < -0.3 is 11.1 Å². The minimum Gasteiger partial charge on any atom is -0.345 e. The number of rotatable bonds is 4. The molecule has 1 aromatic rings. The highest BCUT2D eigenvalue weighted by atomic mass is 16.1. The monoisotopic (exact) mass is 260 g/mol. The number of aryl methyl sites for hydroxylation is 2. The van der Waals surface area contributed by atoms with Gasteiger partial charge in [0.1, 0.15) is 0 Å². The molecule has 0 spiro atoms. The summed E-state index contributed by atoms with van der Waals surface area (Å²) in [6.07, 6.45) is 3.44. The lowest BCUT2D eigenvalue weighted by molar-refractivity contribution is 0.0883. The summed E-state index contributed by atoms with van der Waals surface area (Å²) in [7, 11) is 0. The van der Waals surface area contributed by atoms with E-state index >= 15 is 0 Å². The van der Waals surface area contributed by atoms with E-state index in [2.05, 4.69) is 25.2 Å². The Kier molecular flexibility index (Phi) is 3.95. The van der Waals surface area contributed by atoms with Crippen molar-refractivity contribution in [1.29, 1.82) is 0 Å². The van der Waals surface area contributed by atoms with Crippen LogP contribution >= 0.6 is 0 Å². The van der Waals surface area contributed by atoms with Crippen molar-refractivity contribution in [3.63, 3.8) is 0 Å². The van der Waals surface area contributed by atoms with Crippen molar-refractivity contribution in [2.75, 3.05) is 6.54 Å². The minimum atomic E-state index is -0.351. The first-order valence-corrected chi connectivity index (χ1v) is 7.10. The van der Waals surface area contributed by atoms with Crippen LogP contribution in [-0.2, 0) is 12.8 Å². The van der Waals surface area contributed by atoms with Gasteiger partial charge in [-0.05, 0) is 55.4 Å². The van der Waals surface area contributed by atoms with Gasteiger partial charge in [-0.25, -0.2) is 0 Å². The van der Waals surface area contributed by atoms with Crippen LogP contribution < -0.4 is 11.1 Å². The second-order valence-corrected chi connectivity index (χ2v) is 6.07. The molecule has 1 aliphatic carbocycles. The number of nitrogens with two attached hydrogens (primary N) is 1. The summed E-state index contributed by atoms with van der Waals surface area (Å²) in [4.78, 5) is 12.4. The maximum atomic E-state index is 12.4. The van der Waals surface area contributed by atoms with E-state index < -0.39 is 0 Å². The average molecular weight is 260 g/mol. The Morgan fingerprint density at radius 3 is 2.68 bits per heavy atom. The highest BCUT2D eigenvalue weighted by Crippen LogP contribution is 2.23. The molecule has 1 atom stereocenters. The van der Waals surface area contributed by atoms with Crippen LogP contribution in [0.25, 0.3) is 0 Å². The van der Waals surface area contributed by atoms with E-state index in [9.17, 15) is 4.79 Å². The van der Waals surface area contributed by atoms with Crippen LogP contribution in [-0.4, -0.2) is 18.0 Å². The number of hydrogen-bond donors (Lipinski definition) is 2. The third kappa shape index (κ3) is 2.81. The van der Waals surface area contributed by atoms with Crippen molar-refractivity contribution in [1.82, 2.24) is 5.32 Å². The van der Waals surface area contributed by atoms with Crippen LogP contribution in [0.1, 0.15) is 48.7 Å². The Labute approximate surface area is 115 Å². The number of fused-ring (bicyclic) bond motifs is 1. The summed E-state index contributed by atoms with van der Waals surface area (Å²) in [6.45, 7) is 6.61.